The largest absolute Gasteiger partial charge is 0.353 e. The Morgan fingerprint density at radius 3 is 3.11 bits per heavy atom. The summed E-state index contributed by atoms with van der Waals surface area (Å²) in [5.41, 5.74) is 3.11. The van der Waals surface area contributed by atoms with Crippen LogP contribution in [0.4, 0.5) is 5.00 Å². The lowest BCUT2D eigenvalue weighted by atomic mass is 10.1. The van der Waals surface area contributed by atoms with Gasteiger partial charge in [0.05, 0.1) is 5.56 Å². The van der Waals surface area contributed by atoms with Gasteiger partial charge in [-0.15, -0.1) is 11.3 Å². The topological polar surface area (TPSA) is 54.0 Å². The van der Waals surface area contributed by atoms with E-state index in [2.05, 4.69) is 15.6 Å². The van der Waals surface area contributed by atoms with Crippen molar-refractivity contribution in [1.82, 2.24) is 10.3 Å². The van der Waals surface area contributed by atoms with E-state index in [-0.39, 0.29) is 12.1 Å². The lowest BCUT2D eigenvalue weighted by molar-refractivity contribution is 0.0935. The Hall–Kier alpha value is -1.88. The summed E-state index contributed by atoms with van der Waals surface area (Å²) in [5, 5.41) is 7.46. The minimum atomic E-state index is -0.174. The third-order valence-corrected chi connectivity index (χ3v) is 4.94. The molecule has 1 atom stereocenters. The molecule has 1 unspecified atom stereocenters. The number of thiophene rings is 1. The molecule has 1 amide bonds. The van der Waals surface area contributed by atoms with Crippen molar-refractivity contribution in [2.24, 2.45) is 0 Å². The van der Waals surface area contributed by atoms with Crippen molar-refractivity contribution in [3.8, 4) is 0 Å². The van der Waals surface area contributed by atoms with Crippen LogP contribution in [0.15, 0.2) is 24.5 Å². The summed E-state index contributed by atoms with van der Waals surface area (Å²) < 4.78 is 0. The molecule has 0 saturated carbocycles. The van der Waals surface area contributed by atoms with Gasteiger partial charge in [-0.3, -0.25) is 9.78 Å². The van der Waals surface area contributed by atoms with E-state index in [0.717, 1.165) is 29.0 Å². The highest BCUT2D eigenvalue weighted by Crippen LogP contribution is 2.42. The zero-order chi connectivity index (χ0) is 12.8. The second-order valence-corrected chi connectivity index (χ2v) is 6.00. The molecule has 5 heteroatoms. The number of fused-ring (bicyclic) bond motifs is 3. The van der Waals surface area contributed by atoms with Crippen LogP contribution in [0.5, 0.6) is 0 Å². The molecule has 2 aromatic rings. The van der Waals surface area contributed by atoms with E-state index in [1.807, 2.05) is 12.1 Å². The smallest absolute Gasteiger partial charge is 0.256 e. The summed E-state index contributed by atoms with van der Waals surface area (Å²) in [6, 6.07) is 3.85. The molecule has 0 saturated heterocycles. The number of aromatic nitrogens is 1. The van der Waals surface area contributed by atoms with Gasteiger partial charge in [-0.1, -0.05) is 6.07 Å². The van der Waals surface area contributed by atoms with Crippen molar-refractivity contribution in [2.75, 3.05) is 5.32 Å². The summed E-state index contributed by atoms with van der Waals surface area (Å²) in [5.74, 6) is 0.0435. The Bertz CT molecular complexity index is 650. The normalized spacial score (nSPS) is 20.4. The van der Waals surface area contributed by atoms with Crippen molar-refractivity contribution in [3.63, 3.8) is 0 Å². The molecule has 2 N–H and O–H groups in total. The lowest BCUT2D eigenvalue weighted by Crippen LogP contribution is -2.38. The van der Waals surface area contributed by atoms with Crippen LogP contribution in [-0.2, 0) is 12.8 Å². The number of nitrogens with one attached hydrogen (secondary N) is 2. The quantitative estimate of drug-likeness (QED) is 0.838. The molecule has 0 aromatic carbocycles. The molecular weight excluding hydrogens is 258 g/mol. The number of aryl methyl sites for hydroxylation is 1. The summed E-state index contributed by atoms with van der Waals surface area (Å²) in [6.45, 7) is 0. The van der Waals surface area contributed by atoms with E-state index in [4.69, 9.17) is 0 Å². The van der Waals surface area contributed by atoms with E-state index in [9.17, 15) is 4.79 Å². The highest BCUT2D eigenvalue weighted by molar-refractivity contribution is 7.16. The molecule has 4 rings (SSSR count). The highest BCUT2D eigenvalue weighted by atomic mass is 32.1. The SMILES string of the molecule is O=C1NC(c2cccnc2)Nc2sc3c(c21)CCC3. The first-order valence-electron chi connectivity index (χ1n) is 6.45. The van der Waals surface area contributed by atoms with Gasteiger partial charge in [0, 0.05) is 22.8 Å². The van der Waals surface area contributed by atoms with Gasteiger partial charge < -0.3 is 10.6 Å². The number of rotatable bonds is 1. The maximum Gasteiger partial charge on any atom is 0.256 e. The Kier molecular flexibility index (Phi) is 2.35. The van der Waals surface area contributed by atoms with Crippen molar-refractivity contribution in [3.05, 3.63) is 46.1 Å². The van der Waals surface area contributed by atoms with Crippen LogP contribution in [0, 0.1) is 0 Å². The highest BCUT2D eigenvalue weighted by Gasteiger charge is 2.32. The number of nitrogens with zero attached hydrogens (tertiary/aromatic N) is 1. The molecule has 0 radical (unpaired) electrons. The number of hydrogen-bond donors (Lipinski definition) is 2. The number of hydrogen-bond acceptors (Lipinski definition) is 4. The van der Waals surface area contributed by atoms with Crippen LogP contribution >= 0.6 is 11.3 Å². The monoisotopic (exact) mass is 271 g/mol. The summed E-state index contributed by atoms with van der Waals surface area (Å²) in [4.78, 5) is 17.8. The van der Waals surface area contributed by atoms with Gasteiger partial charge in [0.2, 0.25) is 0 Å². The van der Waals surface area contributed by atoms with E-state index in [1.165, 1.54) is 16.9 Å². The lowest BCUT2D eigenvalue weighted by Gasteiger charge is -2.26. The van der Waals surface area contributed by atoms with Crippen molar-refractivity contribution >= 4 is 22.2 Å². The average molecular weight is 271 g/mol. The van der Waals surface area contributed by atoms with Crippen molar-refractivity contribution in [2.45, 2.75) is 25.4 Å². The summed E-state index contributed by atoms with van der Waals surface area (Å²) in [7, 11) is 0. The van der Waals surface area contributed by atoms with Crippen molar-refractivity contribution in [1.29, 1.82) is 0 Å². The number of amides is 1. The predicted octanol–water partition coefficient (Wildman–Crippen LogP) is 2.49. The molecule has 96 valence electrons. The Labute approximate surface area is 114 Å². The van der Waals surface area contributed by atoms with Crippen molar-refractivity contribution < 1.29 is 4.79 Å². The molecule has 3 heterocycles. The zero-order valence-electron chi connectivity index (χ0n) is 10.3. The maximum atomic E-state index is 12.3. The van der Waals surface area contributed by atoms with Gasteiger partial charge in [0.15, 0.2) is 0 Å². The third-order valence-electron chi connectivity index (χ3n) is 3.72. The first-order chi connectivity index (χ1) is 9.33. The first kappa shape index (κ1) is 11.0. The van der Waals surface area contributed by atoms with Crippen LogP contribution in [0.2, 0.25) is 0 Å². The standard InChI is InChI=1S/C14H13N3OS/c18-13-11-9-4-1-5-10(9)19-14(11)17-12(16-13)8-3-2-6-15-7-8/h2-3,6-7,12,17H,1,4-5H2,(H,16,18). The third kappa shape index (κ3) is 1.65. The fourth-order valence-electron chi connectivity index (χ4n) is 2.83. The predicted molar refractivity (Wildman–Crippen MR) is 74.4 cm³/mol. The van der Waals surface area contributed by atoms with Crippen LogP contribution in [-0.4, -0.2) is 10.9 Å². The van der Waals surface area contributed by atoms with E-state index >= 15 is 0 Å². The number of carbonyl (C=O) groups excluding carboxylic acids is 1. The molecule has 4 nitrogen and oxygen atoms in total. The summed E-state index contributed by atoms with van der Waals surface area (Å²) in [6.07, 6.45) is 6.66. The van der Waals surface area contributed by atoms with Gasteiger partial charge in [0.1, 0.15) is 11.2 Å². The molecule has 2 aliphatic rings. The Morgan fingerprint density at radius 1 is 1.32 bits per heavy atom. The van der Waals surface area contributed by atoms with Gasteiger partial charge in [-0.2, -0.15) is 0 Å². The molecule has 19 heavy (non-hydrogen) atoms. The average Bonchev–Trinajstić information content (AvgIpc) is 2.99. The number of anilines is 1. The van der Waals surface area contributed by atoms with Crippen LogP contribution in [0.3, 0.4) is 0 Å². The fourth-order valence-corrected chi connectivity index (χ4v) is 4.14. The van der Waals surface area contributed by atoms with Crippen LogP contribution < -0.4 is 10.6 Å². The minimum absolute atomic E-state index is 0.0435. The molecule has 1 aliphatic carbocycles. The van der Waals surface area contributed by atoms with E-state index in [1.54, 1.807) is 23.7 Å². The molecule has 1 aliphatic heterocycles. The van der Waals surface area contributed by atoms with Gasteiger partial charge in [0.25, 0.3) is 5.91 Å². The van der Waals surface area contributed by atoms with Crippen LogP contribution in [0.25, 0.3) is 0 Å². The Morgan fingerprint density at radius 2 is 2.26 bits per heavy atom. The van der Waals surface area contributed by atoms with E-state index < -0.39 is 0 Å². The number of carbonyl (C=O) groups is 1. The summed E-state index contributed by atoms with van der Waals surface area (Å²) >= 11 is 1.73. The maximum absolute atomic E-state index is 12.3. The molecule has 2 aromatic heterocycles. The van der Waals surface area contributed by atoms with Gasteiger partial charge in [-0.25, -0.2) is 0 Å². The molecule has 0 fully saturated rings. The Balaban J connectivity index is 1.74. The second kappa shape index (κ2) is 4.06. The first-order valence-corrected chi connectivity index (χ1v) is 7.26. The van der Waals surface area contributed by atoms with E-state index in [0.29, 0.717) is 0 Å². The van der Waals surface area contributed by atoms with Gasteiger partial charge >= 0.3 is 0 Å². The number of pyridine rings is 1. The van der Waals surface area contributed by atoms with Crippen LogP contribution in [0.1, 0.15) is 38.9 Å². The second-order valence-electron chi connectivity index (χ2n) is 4.90. The van der Waals surface area contributed by atoms with Gasteiger partial charge in [-0.05, 0) is 30.9 Å². The molecule has 0 bridgehead atoms. The molecule has 0 spiro atoms. The molecular formula is C14H13N3OS. The minimum Gasteiger partial charge on any atom is -0.353 e. The zero-order valence-corrected chi connectivity index (χ0v) is 11.1. The fraction of sp³-hybridized carbons (Fsp3) is 0.286.